The van der Waals surface area contributed by atoms with Crippen LogP contribution >= 0.6 is 0 Å². The molecule has 0 unspecified atom stereocenters. The summed E-state index contributed by atoms with van der Waals surface area (Å²) in [7, 11) is 1.78. The number of hydrogen-bond acceptors (Lipinski definition) is 7. The summed E-state index contributed by atoms with van der Waals surface area (Å²) in [6, 6.07) is 7.13. The predicted octanol–water partition coefficient (Wildman–Crippen LogP) is 4.52. The number of hydrogen-bond donors (Lipinski definition) is 2. The summed E-state index contributed by atoms with van der Waals surface area (Å²) in [5, 5.41) is 13.0. The molecule has 1 aliphatic carbocycles. The highest BCUT2D eigenvalue weighted by molar-refractivity contribution is 5.91. The fourth-order valence-electron chi connectivity index (χ4n) is 3.72. The van der Waals surface area contributed by atoms with Crippen LogP contribution in [0.4, 0.5) is 35.1 Å². The first-order valence-electron chi connectivity index (χ1n) is 10.8. The standard InChI is InChI=1S/C23H19F4N7O2/c1-34-7-4-18(32-34)31-21-28-11-15(12-29-21)13-2-3-14(16(24)8-13)9-20(35)30-19-10-17(36-33-19)22(5-6-22)23(25,26)27/h2-4,7-8,10-12H,5-6,9H2,1H3,(H,30,33,35)(H,28,29,31,32). The zero-order valence-corrected chi connectivity index (χ0v) is 18.8. The fourth-order valence-corrected chi connectivity index (χ4v) is 3.72. The molecule has 1 aromatic carbocycles. The molecule has 0 aliphatic heterocycles. The summed E-state index contributed by atoms with van der Waals surface area (Å²) in [5.41, 5.74) is -0.876. The Kier molecular flexibility index (Phi) is 5.69. The molecule has 1 saturated carbocycles. The number of nitrogens with zero attached hydrogens (tertiary/aromatic N) is 5. The molecule has 0 bridgehead atoms. The average Bonchev–Trinajstić information content (AvgIpc) is 3.37. The average molecular weight is 501 g/mol. The molecule has 36 heavy (non-hydrogen) atoms. The number of nitrogens with one attached hydrogen (secondary N) is 2. The van der Waals surface area contributed by atoms with Crippen LogP contribution in [0.25, 0.3) is 11.1 Å². The van der Waals surface area contributed by atoms with E-state index in [0.717, 1.165) is 6.07 Å². The van der Waals surface area contributed by atoms with Gasteiger partial charge in [0.15, 0.2) is 17.4 Å². The summed E-state index contributed by atoms with van der Waals surface area (Å²) in [6.45, 7) is 0. The van der Waals surface area contributed by atoms with Crippen molar-refractivity contribution in [3.8, 4) is 11.1 Å². The minimum absolute atomic E-state index is 0.0921. The number of carbonyl (C=O) groups excluding carboxylic acids is 1. The van der Waals surface area contributed by atoms with Crippen LogP contribution in [-0.4, -0.2) is 37.0 Å². The molecule has 0 atom stereocenters. The molecule has 5 rings (SSSR count). The number of benzene rings is 1. The topological polar surface area (TPSA) is 111 Å². The monoisotopic (exact) mass is 501 g/mol. The first-order chi connectivity index (χ1) is 17.1. The Morgan fingerprint density at radius 3 is 2.47 bits per heavy atom. The van der Waals surface area contributed by atoms with E-state index in [1.165, 1.54) is 24.5 Å². The van der Waals surface area contributed by atoms with Crippen molar-refractivity contribution in [3.05, 3.63) is 66.1 Å². The van der Waals surface area contributed by atoms with Crippen LogP contribution in [0, 0.1) is 5.82 Å². The third-order valence-corrected chi connectivity index (χ3v) is 5.88. The van der Waals surface area contributed by atoms with E-state index >= 15 is 0 Å². The quantitative estimate of drug-likeness (QED) is 0.358. The van der Waals surface area contributed by atoms with Gasteiger partial charge in [-0.2, -0.15) is 18.3 Å². The maximum Gasteiger partial charge on any atom is 0.401 e. The minimum atomic E-state index is -4.46. The van der Waals surface area contributed by atoms with Gasteiger partial charge in [0.25, 0.3) is 0 Å². The van der Waals surface area contributed by atoms with E-state index in [0.29, 0.717) is 22.9 Å². The van der Waals surface area contributed by atoms with E-state index in [1.54, 1.807) is 30.1 Å². The van der Waals surface area contributed by atoms with E-state index in [-0.39, 0.29) is 36.4 Å². The van der Waals surface area contributed by atoms with E-state index < -0.39 is 23.3 Å². The second-order valence-corrected chi connectivity index (χ2v) is 8.48. The van der Waals surface area contributed by atoms with Crippen molar-refractivity contribution in [1.29, 1.82) is 0 Å². The Morgan fingerprint density at radius 1 is 1.11 bits per heavy atom. The Hall–Kier alpha value is -4.29. The van der Waals surface area contributed by atoms with E-state index in [9.17, 15) is 22.4 Å². The molecular formula is C23H19F4N7O2. The van der Waals surface area contributed by atoms with Gasteiger partial charge in [0.05, 0.1) is 6.42 Å². The van der Waals surface area contributed by atoms with Gasteiger partial charge in [-0.25, -0.2) is 14.4 Å². The van der Waals surface area contributed by atoms with Crippen molar-refractivity contribution in [2.24, 2.45) is 7.05 Å². The lowest BCUT2D eigenvalue weighted by Crippen LogP contribution is -2.28. The highest BCUT2D eigenvalue weighted by atomic mass is 19.4. The van der Waals surface area contributed by atoms with E-state index in [2.05, 4.69) is 30.9 Å². The zero-order valence-electron chi connectivity index (χ0n) is 18.8. The van der Waals surface area contributed by atoms with Crippen LogP contribution in [-0.2, 0) is 23.7 Å². The summed E-state index contributed by atoms with van der Waals surface area (Å²) in [5.74, 6) is -0.874. The molecule has 1 fully saturated rings. The van der Waals surface area contributed by atoms with Crippen LogP contribution in [0.3, 0.4) is 0 Å². The Balaban J connectivity index is 1.22. The van der Waals surface area contributed by atoms with E-state index in [4.69, 9.17) is 4.52 Å². The second-order valence-electron chi connectivity index (χ2n) is 8.48. The van der Waals surface area contributed by atoms with Gasteiger partial charge in [-0.15, -0.1) is 0 Å². The number of rotatable bonds is 7. The zero-order chi connectivity index (χ0) is 25.5. The molecular weight excluding hydrogens is 482 g/mol. The number of anilines is 3. The van der Waals surface area contributed by atoms with Gasteiger partial charge in [0.2, 0.25) is 11.9 Å². The Bertz CT molecular complexity index is 1410. The van der Waals surface area contributed by atoms with Crippen molar-refractivity contribution >= 4 is 23.5 Å². The van der Waals surface area contributed by atoms with Crippen LogP contribution in [0.1, 0.15) is 24.2 Å². The van der Waals surface area contributed by atoms with Crippen molar-refractivity contribution in [2.45, 2.75) is 30.9 Å². The molecule has 0 spiro atoms. The van der Waals surface area contributed by atoms with Crippen molar-refractivity contribution in [1.82, 2.24) is 24.9 Å². The minimum Gasteiger partial charge on any atom is -0.358 e. The van der Waals surface area contributed by atoms with Gasteiger partial charge in [-0.05, 0) is 30.0 Å². The molecule has 3 heterocycles. The van der Waals surface area contributed by atoms with Crippen molar-refractivity contribution in [2.75, 3.05) is 10.6 Å². The van der Waals surface area contributed by atoms with Crippen LogP contribution in [0.5, 0.6) is 0 Å². The fraction of sp³-hybridized carbons (Fsp3) is 0.261. The summed E-state index contributed by atoms with van der Waals surface area (Å²) >= 11 is 0. The number of halogens is 4. The molecule has 13 heteroatoms. The third-order valence-electron chi connectivity index (χ3n) is 5.88. The number of aromatic nitrogens is 5. The highest BCUT2D eigenvalue weighted by Crippen LogP contribution is 2.59. The van der Waals surface area contributed by atoms with Gasteiger partial charge in [-0.3, -0.25) is 9.48 Å². The summed E-state index contributed by atoms with van der Waals surface area (Å²) in [6.07, 6.45) is -0.177. The normalized spacial score (nSPS) is 14.5. The van der Waals surface area contributed by atoms with Crippen molar-refractivity contribution < 1.29 is 26.9 Å². The molecule has 9 nitrogen and oxygen atoms in total. The second kappa shape index (κ2) is 8.73. The number of carbonyl (C=O) groups is 1. The van der Waals surface area contributed by atoms with Gasteiger partial charge in [-0.1, -0.05) is 17.3 Å². The largest absolute Gasteiger partial charge is 0.401 e. The van der Waals surface area contributed by atoms with Crippen LogP contribution in [0.2, 0.25) is 0 Å². The third kappa shape index (κ3) is 4.63. The molecule has 0 saturated heterocycles. The highest BCUT2D eigenvalue weighted by Gasteiger charge is 2.66. The molecule has 1 amide bonds. The summed E-state index contributed by atoms with van der Waals surface area (Å²) in [4.78, 5) is 20.7. The molecule has 2 N–H and O–H groups in total. The maximum atomic E-state index is 14.7. The Morgan fingerprint density at radius 2 is 1.86 bits per heavy atom. The van der Waals surface area contributed by atoms with Crippen molar-refractivity contribution in [3.63, 3.8) is 0 Å². The SMILES string of the molecule is Cn1ccc(Nc2ncc(-c3ccc(CC(=O)Nc4cc(C5(C(F)(F)F)CC5)on4)c(F)c3)cn2)n1. The van der Waals surface area contributed by atoms with Gasteiger partial charge >= 0.3 is 6.18 Å². The maximum absolute atomic E-state index is 14.7. The molecule has 186 valence electrons. The number of aryl methyl sites for hydroxylation is 1. The lowest BCUT2D eigenvalue weighted by Gasteiger charge is -2.14. The van der Waals surface area contributed by atoms with Crippen LogP contribution < -0.4 is 10.6 Å². The first kappa shape index (κ1) is 23.5. The van der Waals surface area contributed by atoms with Gasteiger partial charge < -0.3 is 15.2 Å². The molecule has 4 aromatic rings. The predicted molar refractivity (Wildman–Crippen MR) is 120 cm³/mol. The lowest BCUT2D eigenvalue weighted by molar-refractivity contribution is -0.165. The first-order valence-corrected chi connectivity index (χ1v) is 10.8. The smallest absolute Gasteiger partial charge is 0.358 e. The molecule has 3 aromatic heterocycles. The van der Waals surface area contributed by atoms with E-state index in [1.807, 2.05) is 0 Å². The molecule has 0 radical (unpaired) electrons. The number of alkyl halides is 3. The van der Waals surface area contributed by atoms with Gasteiger partial charge in [0, 0.05) is 43.3 Å². The van der Waals surface area contributed by atoms with Gasteiger partial charge in [0.1, 0.15) is 11.2 Å². The number of amides is 1. The lowest BCUT2D eigenvalue weighted by atomic mass is 10.0. The summed E-state index contributed by atoms with van der Waals surface area (Å²) < 4.78 is 60.8. The van der Waals surface area contributed by atoms with Crippen LogP contribution in [0.15, 0.2) is 53.4 Å². The molecule has 1 aliphatic rings. The Labute approximate surface area is 201 Å².